The number of imidazole rings is 1. The second-order valence-electron chi connectivity index (χ2n) is 2.31. The molecule has 0 fully saturated rings. The Balaban J connectivity index is 2.56. The van der Waals surface area contributed by atoms with Crippen molar-refractivity contribution in [2.45, 2.75) is 6.42 Å². The molecule has 1 heterocycles. The van der Waals surface area contributed by atoms with Gasteiger partial charge in [0.25, 0.3) is 0 Å². The summed E-state index contributed by atoms with van der Waals surface area (Å²) in [5.74, 6) is 1.88. The first-order valence-electron chi connectivity index (χ1n) is 3.59. The average molecular weight is 168 g/mol. The van der Waals surface area contributed by atoms with Crippen molar-refractivity contribution in [2.24, 2.45) is 7.05 Å². The van der Waals surface area contributed by atoms with Gasteiger partial charge in [0.2, 0.25) is 0 Å². The van der Waals surface area contributed by atoms with Gasteiger partial charge >= 0.3 is 0 Å². The number of thiol groups is 1. The third kappa shape index (κ3) is 2.42. The lowest BCUT2D eigenvalue weighted by molar-refractivity contribution is 0.896. The van der Waals surface area contributed by atoms with Crippen molar-refractivity contribution in [2.75, 3.05) is 5.75 Å². The van der Waals surface area contributed by atoms with E-state index in [4.69, 9.17) is 0 Å². The minimum Gasteiger partial charge on any atom is -0.335 e. The van der Waals surface area contributed by atoms with E-state index in [9.17, 15) is 0 Å². The van der Waals surface area contributed by atoms with Gasteiger partial charge < -0.3 is 4.57 Å². The molecular formula is C8H12N2S. The molecule has 0 saturated heterocycles. The summed E-state index contributed by atoms with van der Waals surface area (Å²) >= 11 is 4.10. The third-order valence-corrected chi connectivity index (χ3v) is 1.68. The van der Waals surface area contributed by atoms with Crippen LogP contribution in [-0.4, -0.2) is 15.3 Å². The highest BCUT2D eigenvalue weighted by Crippen LogP contribution is 1.98. The maximum atomic E-state index is 4.14. The smallest absolute Gasteiger partial charge is 0.131 e. The Labute approximate surface area is 72.4 Å². The van der Waals surface area contributed by atoms with Gasteiger partial charge in [0.05, 0.1) is 0 Å². The van der Waals surface area contributed by atoms with Crippen LogP contribution in [0.3, 0.4) is 0 Å². The maximum Gasteiger partial charge on any atom is 0.131 e. The van der Waals surface area contributed by atoms with Crippen LogP contribution in [0.15, 0.2) is 18.5 Å². The van der Waals surface area contributed by atoms with Crippen LogP contribution >= 0.6 is 12.6 Å². The molecule has 0 aromatic carbocycles. The van der Waals surface area contributed by atoms with Crippen molar-refractivity contribution in [1.82, 2.24) is 9.55 Å². The minimum atomic E-state index is 0.890. The lowest BCUT2D eigenvalue weighted by Crippen LogP contribution is -1.88. The molecule has 1 aromatic rings. The van der Waals surface area contributed by atoms with Crippen LogP contribution in [0, 0.1) is 0 Å². The van der Waals surface area contributed by atoms with E-state index in [1.165, 1.54) is 0 Å². The molecule has 0 spiro atoms. The van der Waals surface area contributed by atoms with Crippen LogP contribution in [0.4, 0.5) is 0 Å². The largest absolute Gasteiger partial charge is 0.335 e. The SMILES string of the molecule is Cn1ccnc1C=CCCS. The second-order valence-corrected chi connectivity index (χ2v) is 2.76. The van der Waals surface area contributed by atoms with Crippen molar-refractivity contribution in [3.05, 3.63) is 24.3 Å². The number of aryl methyl sites for hydroxylation is 1. The fourth-order valence-corrected chi connectivity index (χ4v) is 0.950. The van der Waals surface area contributed by atoms with Gasteiger partial charge in [-0.05, 0) is 18.2 Å². The zero-order chi connectivity index (χ0) is 8.10. The monoisotopic (exact) mass is 168 g/mol. The van der Waals surface area contributed by atoms with Gasteiger partial charge in [-0.15, -0.1) is 0 Å². The normalized spacial score (nSPS) is 11.1. The maximum absolute atomic E-state index is 4.14. The molecule has 1 rings (SSSR count). The Bertz CT molecular complexity index is 240. The van der Waals surface area contributed by atoms with Gasteiger partial charge in [0, 0.05) is 19.4 Å². The van der Waals surface area contributed by atoms with Gasteiger partial charge in [-0.2, -0.15) is 12.6 Å². The molecule has 0 atom stereocenters. The van der Waals surface area contributed by atoms with Crippen molar-refractivity contribution < 1.29 is 0 Å². The van der Waals surface area contributed by atoms with Gasteiger partial charge in [0.1, 0.15) is 5.82 Å². The van der Waals surface area contributed by atoms with Crippen molar-refractivity contribution in [1.29, 1.82) is 0 Å². The number of allylic oxidation sites excluding steroid dienone is 1. The van der Waals surface area contributed by atoms with Crippen molar-refractivity contribution >= 4 is 18.7 Å². The van der Waals surface area contributed by atoms with Gasteiger partial charge in [0.15, 0.2) is 0 Å². The zero-order valence-electron chi connectivity index (χ0n) is 6.57. The molecule has 0 N–H and O–H groups in total. The van der Waals surface area contributed by atoms with Crippen LogP contribution in [-0.2, 0) is 7.05 Å². The zero-order valence-corrected chi connectivity index (χ0v) is 7.46. The number of hydrogen-bond donors (Lipinski definition) is 1. The topological polar surface area (TPSA) is 17.8 Å². The van der Waals surface area contributed by atoms with Crippen LogP contribution in [0.1, 0.15) is 12.2 Å². The van der Waals surface area contributed by atoms with Crippen LogP contribution in [0.5, 0.6) is 0 Å². The highest BCUT2D eigenvalue weighted by atomic mass is 32.1. The van der Waals surface area contributed by atoms with E-state index in [2.05, 4.69) is 23.7 Å². The Morgan fingerprint density at radius 2 is 2.55 bits per heavy atom. The lowest BCUT2D eigenvalue weighted by Gasteiger charge is -1.92. The first-order valence-corrected chi connectivity index (χ1v) is 4.22. The molecule has 0 aliphatic carbocycles. The molecule has 0 bridgehead atoms. The summed E-state index contributed by atoms with van der Waals surface area (Å²) < 4.78 is 1.98. The molecule has 1 aromatic heterocycles. The van der Waals surface area contributed by atoms with E-state index in [0.29, 0.717) is 0 Å². The lowest BCUT2D eigenvalue weighted by atomic mass is 10.4. The van der Waals surface area contributed by atoms with Crippen LogP contribution < -0.4 is 0 Å². The summed E-state index contributed by atoms with van der Waals surface area (Å²) in [7, 11) is 1.98. The summed E-state index contributed by atoms with van der Waals surface area (Å²) in [5, 5.41) is 0. The molecule has 0 aliphatic rings. The fraction of sp³-hybridized carbons (Fsp3) is 0.375. The first-order chi connectivity index (χ1) is 5.34. The third-order valence-electron chi connectivity index (χ3n) is 1.42. The summed E-state index contributed by atoms with van der Waals surface area (Å²) in [5.41, 5.74) is 0. The average Bonchev–Trinajstić information content (AvgIpc) is 2.37. The highest BCUT2D eigenvalue weighted by Gasteiger charge is 1.89. The molecule has 60 valence electrons. The Kier molecular flexibility index (Phi) is 3.23. The van der Waals surface area contributed by atoms with E-state index in [0.717, 1.165) is 18.0 Å². The number of nitrogens with zero attached hydrogens (tertiary/aromatic N) is 2. The Hall–Kier alpha value is -0.700. The Morgan fingerprint density at radius 3 is 3.09 bits per heavy atom. The number of rotatable bonds is 3. The summed E-state index contributed by atoms with van der Waals surface area (Å²) in [4.78, 5) is 4.14. The Morgan fingerprint density at radius 1 is 1.73 bits per heavy atom. The van der Waals surface area contributed by atoms with Gasteiger partial charge in [-0.25, -0.2) is 4.98 Å². The molecule has 0 unspecified atom stereocenters. The van der Waals surface area contributed by atoms with E-state index >= 15 is 0 Å². The van der Waals surface area contributed by atoms with E-state index < -0.39 is 0 Å². The predicted octanol–water partition coefficient (Wildman–Crippen LogP) is 1.75. The van der Waals surface area contributed by atoms with Gasteiger partial charge in [-0.1, -0.05) is 6.08 Å². The summed E-state index contributed by atoms with van der Waals surface area (Å²) in [6.45, 7) is 0. The number of aromatic nitrogens is 2. The first kappa shape index (κ1) is 8.40. The molecular weight excluding hydrogens is 156 g/mol. The van der Waals surface area contributed by atoms with E-state index in [1.54, 1.807) is 6.20 Å². The van der Waals surface area contributed by atoms with Crippen LogP contribution in [0.25, 0.3) is 6.08 Å². The molecule has 2 nitrogen and oxygen atoms in total. The summed E-state index contributed by atoms with van der Waals surface area (Å²) in [6, 6.07) is 0. The van der Waals surface area contributed by atoms with Gasteiger partial charge in [-0.3, -0.25) is 0 Å². The quantitative estimate of drug-likeness (QED) is 0.681. The summed E-state index contributed by atoms with van der Waals surface area (Å²) in [6.07, 6.45) is 8.81. The van der Waals surface area contributed by atoms with Crippen LogP contribution in [0.2, 0.25) is 0 Å². The minimum absolute atomic E-state index is 0.890. The molecule has 3 heteroatoms. The van der Waals surface area contributed by atoms with Crippen molar-refractivity contribution in [3.8, 4) is 0 Å². The molecule has 0 amide bonds. The van der Waals surface area contributed by atoms with Crippen molar-refractivity contribution in [3.63, 3.8) is 0 Å². The molecule has 0 radical (unpaired) electrons. The highest BCUT2D eigenvalue weighted by molar-refractivity contribution is 7.80. The second kappa shape index (κ2) is 4.23. The number of hydrogen-bond acceptors (Lipinski definition) is 2. The molecule has 0 aliphatic heterocycles. The van der Waals surface area contributed by atoms with E-state index in [-0.39, 0.29) is 0 Å². The van der Waals surface area contributed by atoms with E-state index in [1.807, 2.05) is 23.9 Å². The fourth-order valence-electron chi connectivity index (χ4n) is 0.801. The molecule has 11 heavy (non-hydrogen) atoms. The molecule has 0 saturated carbocycles. The standard InChI is InChI=1S/C8H12N2S/c1-10-6-5-9-8(10)4-2-3-7-11/h2,4-6,11H,3,7H2,1H3. The predicted molar refractivity (Wildman–Crippen MR) is 50.7 cm³/mol.